The molecule has 1 N–H and O–H groups in total. The minimum atomic E-state index is -0.175. The molecule has 4 rings (SSSR count). The SMILES string of the molecule is Cc1ccc(CNC(=O)Cc2nnc(-c3ccc4c(c3)OCO4)o2)cc1. The summed E-state index contributed by atoms with van der Waals surface area (Å²) < 4.78 is 16.2. The maximum absolute atomic E-state index is 12.1. The lowest BCUT2D eigenvalue weighted by Crippen LogP contribution is -2.24. The summed E-state index contributed by atoms with van der Waals surface area (Å²) >= 11 is 0. The Morgan fingerprint density at radius 3 is 2.73 bits per heavy atom. The quantitative estimate of drug-likeness (QED) is 0.760. The molecule has 1 amide bonds. The first-order chi connectivity index (χ1) is 12.7. The molecule has 0 saturated heterocycles. The van der Waals surface area contributed by atoms with Crippen molar-refractivity contribution in [3.63, 3.8) is 0 Å². The van der Waals surface area contributed by atoms with E-state index in [1.54, 1.807) is 12.1 Å². The third-order valence-electron chi connectivity index (χ3n) is 4.01. The molecule has 1 aliphatic rings. The van der Waals surface area contributed by atoms with Gasteiger partial charge in [-0.1, -0.05) is 29.8 Å². The molecule has 1 aromatic heterocycles. The fourth-order valence-electron chi connectivity index (χ4n) is 2.58. The number of aryl methyl sites for hydroxylation is 1. The Labute approximate surface area is 150 Å². The van der Waals surface area contributed by atoms with Crippen LogP contribution < -0.4 is 14.8 Å². The highest BCUT2D eigenvalue weighted by molar-refractivity contribution is 5.77. The van der Waals surface area contributed by atoms with Gasteiger partial charge in [0, 0.05) is 12.1 Å². The van der Waals surface area contributed by atoms with Gasteiger partial charge in [0.2, 0.25) is 24.5 Å². The highest BCUT2D eigenvalue weighted by Gasteiger charge is 2.17. The van der Waals surface area contributed by atoms with Crippen LogP contribution in [-0.2, 0) is 17.8 Å². The van der Waals surface area contributed by atoms with Gasteiger partial charge < -0.3 is 19.2 Å². The molecule has 2 heterocycles. The minimum absolute atomic E-state index is 0.0312. The predicted octanol–water partition coefficient (Wildman–Crippen LogP) is 2.63. The summed E-state index contributed by atoms with van der Waals surface area (Å²) in [5.74, 6) is 1.75. The number of carbonyl (C=O) groups excluding carboxylic acids is 1. The summed E-state index contributed by atoms with van der Waals surface area (Å²) in [6.45, 7) is 2.69. The van der Waals surface area contributed by atoms with Crippen LogP contribution in [-0.4, -0.2) is 22.9 Å². The molecule has 26 heavy (non-hydrogen) atoms. The molecular formula is C19H17N3O4. The maximum atomic E-state index is 12.1. The number of carbonyl (C=O) groups is 1. The number of rotatable bonds is 5. The van der Waals surface area contributed by atoms with Crippen molar-refractivity contribution in [1.82, 2.24) is 15.5 Å². The molecule has 0 saturated carbocycles. The van der Waals surface area contributed by atoms with E-state index < -0.39 is 0 Å². The first kappa shape index (κ1) is 16.1. The number of hydrogen-bond donors (Lipinski definition) is 1. The van der Waals surface area contributed by atoms with Crippen LogP contribution in [0, 0.1) is 6.92 Å². The molecule has 2 aromatic carbocycles. The Balaban J connectivity index is 1.37. The van der Waals surface area contributed by atoms with E-state index in [0.29, 0.717) is 29.5 Å². The van der Waals surface area contributed by atoms with Crippen LogP contribution >= 0.6 is 0 Å². The Kier molecular flexibility index (Phi) is 4.27. The molecule has 0 radical (unpaired) electrons. The van der Waals surface area contributed by atoms with Crippen LogP contribution in [0.15, 0.2) is 46.9 Å². The summed E-state index contributed by atoms with van der Waals surface area (Å²) in [4.78, 5) is 12.1. The molecule has 0 atom stereocenters. The van der Waals surface area contributed by atoms with Crippen LogP contribution in [0.2, 0.25) is 0 Å². The number of amides is 1. The minimum Gasteiger partial charge on any atom is -0.454 e. The third-order valence-corrected chi connectivity index (χ3v) is 4.01. The van der Waals surface area contributed by atoms with Crippen molar-refractivity contribution in [3.8, 4) is 23.0 Å². The van der Waals surface area contributed by atoms with E-state index in [0.717, 1.165) is 5.56 Å². The van der Waals surface area contributed by atoms with E-state index in [1.165, 1.54) is 5.56 Å². The van der Waals surface area contributed by atoms with Crippen molar-refractivity contribution in [2.24, 2.45) is 0 Å². The third kappa shape index (κ3) is 3.51. The zero-order valence-corrected chi connectivity index (χ0v) is 14.2. The smallest absolute Gasteiger partial charge is 0.247 e. The molecular weight excluding hydrogens is 334 g/mol. The first-order valence-corrected chi connectivity index (χ1v) is 8.22. The number of fused-ring (bicyclic) bond motifs is 1. The standard InChI is InChI=1S/C19H17N3O4/c1-12-2-4-13(5-3-12)10-20-17(23)9-18-21-22-19(26-18)14-6-7-15-16(8-14)25-11-24-15/h2-8H,9-11H2,1H3,(H,20,23). The number of hydrogen-bond acceptors (Lipinski definition) is 6. The van der Waals surface area contributed by atoms with Gasteiger partial charge in [0.15, 0.2) is 11.5 Å². The highest BCUT2D eigenvalue weighted by Crippen LogP contribution is 2.35. The monoisotopic (exact) mass is 351 g/mol. The van der Waals surface area contributed by atoms with E-state index in [4.69, 9.17) is 13.9 Å². The van der Waals surface area contributed by atoms with Gasteiger partial charge in [-0.2, -0.15) is 0 Å². The maximum Gasteiger partial charge on any atom is 0.247 e. The van der Waals surface area contributed by atoms with Crippen LogP contribution in [0.5, 0.6) is 11.5 Å². The molecule has 0 aliphatic carbocycles. The lowest BCUT2D eigenvalue weighted by atomic mass is 10.1. The van der Waals surface area contributed by atoms with Crippen molar-refractivity contribution >= 4 is 5.91 Å². The van der Waals surface area contributed by atoms with Crippen LogP contribution in [0.4, 0.5) is 0 Å². The summed E-state index contributed by atoms with van der Waals surface area (Å²) in [6.07, 6.45) is 0.0312. The fourth-order valence-corrected chi connectivity index (χ4v) is 2.58. The van der Waals surface area contributed by atoms with Gasteiger partial charge in [0.1, 0.15) is 6.42 Å². The largest absolute Gasteiger partial charge is 0.454 e. The lowest BCUT2D eigenvalue weighted by molar-refractivity contribution is -0.120. The number of ether oxygens (including phenoxy) is 2. The first-order valence-electron chi connectivity index (χ1n) is 8.22. The summed E-state index contributed by atoms with van der Waals surface area (Å²) in [6, 6.07) is 13.4. The van der Waals surface area contributed by atoms with Crippen molar-refractivity contribution in [1.29, 1.82) is 0 Å². The molecule has 132 valence electrons. The van der Waals surface area contributed by atoms with Crippen molar-refractivity contribution in [3.05, 3.63) is 59.5 Å². The Bertz CT molecular complexity index is 934. The van der Waals surface area contributed by atoms with Crippen molar-refractivity contribution in [2.75, 3.05) is 6.79 Å². The van der Waals surface area contributed by atoms with E-state index in [2.05, 4.69) is 15.5 Å². The molecule has 7 nitrogen and oxygen atoms in total. The molecule has 7 heteroatoms. The zero-order chi connectivity index (χ0) is 17.9. The van der Waals surface area contributed by atoms with Crippen molar-refractivity contribution < 1.29 is 18.7 Å². The highest BCUT2D eigenvalue weighted by atomic mass is 16.7. The molecule has 3 aromatic rings. The van der Waals surface area contributed by atoms with Crippen LogP contribution in [0.25, 0.3) is 11.5 Å². The van der Waals surface area contributed by atoms with Gasteiger partial charge in [-0.15, -0.1) is 10.2 Å². The Hall–Kier alpha value is -3.35. The summed E-state index contributed by atoms with van der Waals surface area (Å²) in [5, 5.41) is 10.8. The second kappa shape index (κ2) is 6.87. The van der Waals surface area contributed by atoms with Gasteiger partial charge in [0.05, 0.1) is 0 Å². The molecule has 0 fully saturated rings. The van der Waals surface area contributed by atoms with Gasteiger partial charge in [0.25, 0.3) is 0 Å². The average Bonchev–Trinajstić information content (AvgIpc) is 3.29. The normalized spacial score (nSPS) is 12.2. The Morgan fingerprint density at radius 2 is 1.88 bits per heavy atom. The van der Waals surface area contributed by atoms with Gasteiger partial charge in [-0.25, -0.2) is 0 Å². The number of aromatic nitrogens is 2. The average molecular weight is 351 g/mol. The van der Waals surface area contributed by atoms with E-state index >= 15 is 0 Å². The van der Waals surface area contributed by atoms with Gasteiger partial charge in [-0.05, 0) is 30.7 Å². The van der Waals surface area contributed by atoms with E-state index in [1.807, 2.05) is 37.3 Å². The lowest BCUT2D eigenvalue weighted by Gasteiger charge is -2.04. The Morgan fingerprint density at radius 1 is 1.08 bits per heavy atom. The van der Waals surface area contributed by atoms with Gasteiger partial charge >= 0.3 is 0 Å². The summed E-state index contributed by atoms with van der Waals surface area (Å²) in [5.41, 5.74) is 2.94. The van der Waals surface area contributed by atoms with Crippen LogP contribution in [0.3, 0.4) is 0 Å². The van der Waals surface area contributed by atoms with Crippen molar-refractivity contribution in [2.45, 2.75) is 19.9 Å². The fraction of sp³-hybridized carbons (Fsp3) is 0.211. The van der Waals surface area contributed by atoms with Gasteiger partial charge in [-0.3, -0.25) is 4.79 Å². The summed E-state index contributed by atoms with van der Waals surface area (Å²) in [7, 11) is 0. The molecule has 1 aliphatic heterocycles. The number of nitrogens with zero attached hydrogens (tertiary/aromatic N) is 2. The second-order valence-corrected chi connectivity index (χ2v) is 6.01. The number of benzene rings is 2. The topological polar surface area (TPSA) is 86.5 Å². The second-order valence-electron chi connectivity index (χ2n) is 6.01. The predicted molar refractivity (Wildman–Crippen MR) is 92.6 cm³/mol. The van der Waals surface area contributed by atoms with E-state index in [-0.39, 0.29) is 25.0 Å². The van der Waals surface area contributed by atoms with E-state index in [9.17, 15) is 4.79 Å². The molecule has 0 bridgehead atoms. The number of nitrogens with one attached hydrogen (secondary N) is 1. The molecule has 0 unspecified atom stereocenters. The molecule has 0 spiro atoms. The zero-order valence-electron chi connectivity index (χ0n) is 14.2. The van der Waals surface area contributed by atoms with Crippen LogP contribution in [0.1, 0.15) is 17.0 Å².